The molecule has 0 bridgehead atoms. The van der Waals surface area contributed by atoms with Crippen molar-refractivity contribution >= 4 is 11.6 Å². The van der Waals surface area contributed by atoms with E-state index in [4.69, 9.17) is 11.6 Å². The minimum Gasteiger partial charge on any atom is -0.374 e. The Kier molecular flexibility index (Phi) is 6.32. The number of hydrogen-bond acceptors (Lipinski definition) is 2. The second-order valence-corrected chi connectivity index (χ2v) is 3.76. The molecule has 6 heteroatoms. The average molecular weight is 268 g/mol. The van der Waals surface area contributed by atoms with E-state index in [0.29, 0.717) is 12.1 Å². The number of ether oxygens (including phenoxy) is 1. The summed E-state index contributed by atoms with van der Waals surface area (Å²) in [6.45, 7) is 0.239. The van der Waals surface area contributed by atoms with Crippen LogP contribution in [0, 0.1) is 5.82 Å². The highest BCUT2D eigenvalue weighted by atomic mass is 35.5. The van der Waals surface area contributed by atoms with Gasteiger partial charge < -0.3 is 10.1 Å². The van der Waals surface area contributed by atoms with Gasteiger partial charge in [0.05, 0.1) is 11.6 Å². The van der Waals surface area contributed by atoms with Gasteiger partial charge in [0, 0.05) is 18.7 Å². The van der Waals surface area contributed by atoms with Crippen molar-refractivity contribution in [1.29, 1.82) is 0 Å². The maximum absolute atomic E-state index is 13.4. The topological polar surface area (TPSA) is 21.3 Å². The van der Waals surface area contributed by atoms with Gasteiger partial charge in [-0.05, 0) is 6.07 Å². The highest BCUT2D eigenvalue weighted by Gasteiger charge is 2.05. The van der Waals surface area contributed by atoms with Gasteiger partial charge in [0.1, 0.15) is 12.4 Å². The van der Waals surface area contributed by atoms with Crippen LogP contribution in [0.1, 0.15) is 5.56 Å². The maximum Gasteiger partial charge on any atom is 0.261 e. The summed E-state index contributed by atoms with van der Waals surface area (Å²) >= 11 is 5.60. The van der Waals surface area contributed by atoms with Crippen molar-refractivity contribution in [2.75, 3.05) is 19.8 Å². The average Bonchev–Trinajstić information content (AvgIpc) is 2.28. The minimum atomic E-state index is -2.46. The number of nitrogens with one attached hydrogen (secondary N) is 1. The molecular weight excluding hydrogens is 255 g/mol. The summed E-state index contributed by atoms with van der Waals surface area (Å²) in [6, 6.07) is 4.72. The molecule has 0 amide bonds. The fourth-order valence-electron chi connectivity index (χ4n) is 1.22. The molecule has 0 aliphatic rings. The molecule has 0 saturated heterocycles. The summed E-state index contributed by atoms with van der Waals surface area (Å²) in [6.07, 6.45) is -2.46. The SMILES string of the molecule is Fc1c(Cl)cccc1CNCCOCC(F)F. The monoisotopic (exact) mass is 267 g/mol. The standard InChI is InChI=1S/C11H13ClF3NO/c12-9-3-1-2-8(11(9)15)6-16-4-5-17-7-10(13)14/h1-3,10,16H,4-7H2. The van der Waals surface area contributed by atoms with Crippen LogP contribution < -0.4 is 5.32 Å². The molecule has 0 aliphatic carbocycles. The summed E-state index contributed by atoms with van der Waals surface area (Å²) in [4.78, 5) is 0. The van der Waals surface area contributed by atoms with E-state index in [-0.39, 0.29) is 18.2 Å². The Morgan fingerprint density at radius 3 is 2.82 bits per heavy atom. The van der Waals surface area contributed by atoms with E-state index >= 15 is 0 Å². The Bertz CT molecular complexity index is 349. The van der Waals surface area contributed by atoms with E-state index in [2.05, 4.69) is 10.1 Å². The van der Waals surface area contributed by atoms with Crippen LogP contribution in [0.4, 0.5) is 13.2 Å². The molecule has 0 aromatic heterocycles. The van der Waals surface area contributed by atoms with Gasteiger partial charge in [-0.3, -0.25) is 0 Å². The molecule has 1 N–H and O–H groups in total. The lowest BCUT2D eigenvalue weighted by Gasteiger charge is -2.07. The third-order valence-electron chi connectivity index (χ3n) is 2.01. The maximum atomic E-state index is 13.4. The molecule has 0 atom stereocenters. The van der Waals surface area contributed by atoms with Gasteiger partial charge in [0.15, 0.2) is 0 Å². The fourth-order valence-corrected chi connectivity index (χ4v) is 1.42. The summed E-state index contributed by atoms with van der Waals surface area (Å²) in [5.74, 6) is -0.463. The Labute approximate surface area is 103 Å². The largest absolute Gasteiger partial charge is 0.374 e. The third-order valence-corrected chi connectivity index (χ3v) is 2.31. The number of rotatable bonds is 7. The van der Waals surface area contributed by atoms with Crippen molar-refractivity contribution in [3.63, 3.8) is 0 Å². The molecule has 0 aliphatic heterocycles. The molecule has 17 heavy (non-hydrogen) atoms. The van der Waals surface area contributed by atoms with Gasteiger partial charge in [-0.2, -0.15) is 0 Å². The molecule has 0 unspecified atom stereocenters. The highest BCUT2D eigenvalue weighted by Crippen LogP contribution is 2.17. The molecule has 1 aromatic rings. The first kappa shape index (κ1) is 14.3. The van der Waals surface area contributed by atoms with Gasteiger partial charge in [-0.15, -0.1) is 0 Å². The molecule has 0 saturated carbocycles. The molecular formula is C11H13ClF3NO. The van der Waals surface area contributed by atoms with Crippen molar-refractivity contribution in [1.82, 2.24) is 5.32 Å². The first-order valence-corrected chi connectivity index (χ1v) is 5.48. The zero-order valence-corrected chi connectivity index (χ0v) is 9.81. The first-order valence-electron chi connectivity index (χ1n) is 5.10. The van der Waals surface area contributed by atoms with Crippen LogP contribution in [0.5, 0.6) is 0 Å². The van der Waals surface area contributed by atoms with E-state index in [9.17, 15) is 13.2 Å². The zero-order valence-electron chi connectivity index (χ0n) is 9.06. The molecule has 1 rings (SSSR count). The zero-order chi connectivity index (χ0) is 12.7. The number of benzene rings is 1. The van der Waals surface area contributed by atoms with Crippen LogP contribution in [-0.4, -0.2) is 26.2 Å². The van der Waals surface area contributed by atoms with Gasteiger partial charge >= 0.3 is 0 Å². The number of hydrogen-bond donors (Lipinski definition) is 1. The van der Waals surface area contributed by atoms with Crippen LogP contribution in [0.3, 0.4) is 0 Å². The smallest absolute Gasteiger partial charge is 0.261 e. The second kappa shape index (κ2) is 7.53. The molecule has 0 spiro atoms. The predicted octanol–water partition coefficient (Wildman–Crippen LogP) is 2.85. The summed E-state index contributed by atoms with van der Waals surface area (Å²) in [5, 5.41) is 2.94. The van der Waals surface area contributed by atoms with Gasteiger partial charge in [0.25, 0.3) is 6.43 Å². The molecule has 0 fully saturated rings. The van der Waals surface area contributed by atoms with E-state index in [1.54, 1.807) is 12.1 Å². The molecule has 1 aromatic carbocycles. The van der Waals surface area contributed by atoms with E-state index < -0.39 is 18.8 Å². The predicted molar refractivity (Wildman–Crippen MR) is 59.9 cm³/mol. The van der Waals surface area contributed by atoms with Gasteiger partial charge in [-0.25, -0.2) is 13.2 Å². The summed E-state index contributed by atoms with van der Waals surface area (Å²) in [5.41, 5.74) is 0.436. The third kappa shape index (κ3) is 5.39. The molecule has 0 radical (unpaired) electrons. The highest BCUT2D eigenvalue weighted by molar-refractivity contribution is 6.30. The van der Waals surface area contributed by atoms with Gasteiger partial charge in [0.2, 0.25) is 0 Å². The Morgan fingerprint density at radius 1 is 1.35 bits per heavy atom. The Balaban J connectivity index is 2.20. The van der Waals surface area contributed by atoms with E-state index in [1.807, 2.05) is 0 Å². The van der Waals surface area contributed by atoms with Crippen molar-refractivity contribution < 1.29 is 17.9 Å². The van der Waals surface area contributed by atoms with Crippen LogP contribution in [0.2, 0.25) is 5.02 Å². The first-order chi connectivity index (χ1) is 8.11. The normalized spacial score (nSPS) is 11.1. The van der Waals surface area contributed by atoms with Crippen molar-refractivity contribution in [2.24, 2.45) is 0 Å². The lowest BCUT2D eigenvalue weighted by atomic mass is 10.2. The Morgan fingerprint density at radius 2 is 2.12 bits per heavy atom. The van der Waals surface area contributed by atoms with Crippen LogP contribution in [0.25, 0.3) is 0 Å². The molecule has 2 nitrogen and oxygen atoms in total. The summed E-state index contributed by atoms with van der Waals surface area (Å²) < 4.78 is 41.4. The second-order valence-electron chi connectivity index (χ2n) is 3.36. The molecule has 96 valence electrons. The van der Waals surface area contributed by atoms with E-state index in [0.717, 1.165) is 0 Å². The Hall–Kier alpha value is -0.780. The van der Waals surface area contributed by atoms with Gasteiger partial charge in [-0.1, -0.05) is 23.7 Å². The van der Waals surface area contributed by atoms with E-state index in [1.165, 1.54) is 6.07 Å². The lowest BCUT2D eigenvalue weighted by Crippen LogP contribution is -2.21. The molecule has 0 heterocycles. The van der Waals surface area contributed by atoms with Crippen LogP contribution in [-0.2, 0) is 11.3 Å². The van der Waals surface area contributed by atoms with Crippen molar-refractivity contribution in [3.05, 3.63) is 34.6 Å². The lowest BCUT2D eigenvalue weighted by molar-refractivity contribution is 0.0187. The van der Waals surface area contributed by atoms with Crippen LogP contribution >= 0.6 is 11.6 Å². The van der Waals surface area contributed by atoms with Crippen LogP contribution in [0.15, 0.2) is 18.2 Å². The minimum absolute atomic E-state index is 0.0678. The number of alkyl halides is 2. The van der Waals surface area contributed by atoms with Crippen molar-refractivity contribution in [2.45, 2.75) is 13.0 Å². The number of halogens is 4. The van der Waals surface area contributed by atoms with Crippen molar-refractivity contribution in [3.8, 4) is 0 Å². The summed E-state index contributed by atoms with van der Waals surface area (Å²) in [7, 11) is 0. The quantitative estimate of drug-likeness (QED) is 0.767. The fraction of sp³-hybridized carbons (Fsp3) is 0.455.